The first-order valence-corrected chi connectivity index (χ1v) is 9.08. The molecule has 0 unspecified atom stereocenters. The number of nitrogens with one attached hydrogen (secondary N) is 2. The molecule has 0 radical (unpaired) electrons. The molecule has 5 heteroatoms. The van der Waals surface area contributed by atoms with Gasteiger partial charge >= 0.3 is 0 Å². The minimum Gasteiger partial charge on any atom is -0.383 e. The van der Waals surface area contributed by atoms with Gasteiger partial charge in [-0.15, -0.1) is 0 Å². The molecule has 2 aromatic carbocycles. The molecule has 0 fully saturated rings. The lowest BCUT2D eigenvalue weighted by Crippen LogP contribution is -2.17. The van der Waals surface area contributed by atoms with Gasteiger partial charge < -0.3 is 15.2 Å². The van der Waals surface area contributed by atoms with E-state index < -0.39 is 0 Å². The molecule has 26 heavy (non-hydrogen) atoms. The normalized spacial score (nSPS) is 12.8. The van der Waals surface area contributed by atoms with E-state index in [1.807, 2.05) is 30.3 Å². The molecule has 0 atom stereocenters. The van der Waals surface area contributed by atoms with Crippen LogP contribution in [0.1, 0.15) is 43.6 Å². The zero-order chi connectivity index (χ0) is 18.4. The number of carbonyl (C=O) groups is 1. The van der Waals surface area contributed by atoms with Crippen molar-refractivity contribution < 1.29 is 9.32 Å². The Hall–Kier alpha value is -2.82. The van der Waals surface area contributed by atoms with Crippen LogP contribution in [0.2, 0.25) is 0 Å². The summed E-state index contributed by atoms with van der Waals surface area (Å²) in [6.07, 6.45) is 0. The highest BCUT2D eigenvalue weighted by Crippen LogP contribution is 2.45. The smallest absolute Gasteiger partial charge is 0.196 e. The Morgan fingerprint density at radius 1 is 1.08 bits per heavy atom. The van der Waals surface area contributed by atoms with E-state index in [1.54, 1.807) is 0 Å². The van der Waals surface area contributed by atoms with Gasteiger partial charge in [0.1, 0.15) is 5.52 Å². The summed E-state index contributed by atoms with van der Waals surface area (Å²) in [4.78, 5) is 13.2. The van der Waals surface area contributed by atoms with Gasteiger partial charge in [-0.05, 0) is 25.8 Å². The maximum absolute atomic E-state index is 13.2. The van der Waals surface area contributed by atoms with Crippen molar-refractivity contribution in [3.63, 3.8) is 0 Å². The molecule has 0 bridgehead atoms. The summed E-state index contributed by atoms with van der Waals surface area (Å²) >= 11 is 0. The number of carbonyl (C=O) groups excluding carboxylic acids is 1. The van der Waals surface area contributed by atoms with Crippen LogP contribution in [0.4, 0.5) is 11.4 Å². The van der Waals surface area contributed by atoms with Gasteiger partial charge in [0.15, 0.2) is 11.5 Å². The average Bonchev–Trinajstić information content (AvgIpc) is 3.03. The van der Waals surface area contributed by atoms with Gasteiger partial charge in [-0.3, -0.25) is 4.79 Å². The predicted octanol–water partition coefficient (Wildman–Crippen LogP) is 4.93. The van der Waals surface area contributed by atoms with E-state index in [1.165, 1.54) is 0 Å². The lowest BCUT2D eigenvalue weighted by Gasteiger charge is -2.21. The molecule has 2 N–H and O–H groups in total. The van der Waals surface area contributed by atoms with E-state index in [9.17, 15) is 4.79 Å². The van der Waals surface area contributed by atoms with Gasteiger partial charge in [0.25, 0.3) is 0 Å². The number of nitrogens with zero attached hydrogens (tertiary/aromatic N) is 1. The van der Waals surface area contributed by atoms with Gasteiger partial charge in [-0.1, -0.05) is 43.3 Å². The molecule has 1 aliphatic carbocycles. The topological polar surface area (TPSA) is 67.2 Å². The minimum atomic E-state index is 0.0138. The Balaban J connectivity index is 2.00. The van der Waals surface area contributed by atoms with Crippen LogP contribution in [-0.2, 0) is 0 Å². The monoisotopic (exact) mass is 349 g/mol. The van der Waals surface area contributed by atoms with Gasteiger partial charge in [0, 0.05) is 29.4 Å². The highest BCUT2D eigenvalue weighted by molar-refractivity contribution is 6.28. The van der Waals surface area contributed by atoms with Crippen LogP contribution in [0.15, 0.2) is 34.9 Å². The van der Waals surface area contributed by atoms with Crippen molar-refractivity contribution in [2.75, 3.05) is 17.2 Å². The van der Waals surface area contributed by atoms with Gasteiger partial charge in [0.05, 0.1) is 16.6 Å². The van der Waals surface area contributed by atoms with Crippen molar-refractivity contribution in [1.82, 2.24) is 5.16 Å². The minimum absolute atomic E-state index is 0.0138. The van der Waals surface area contributed by atoms with Crippen molar-refractivity contribution in [2.24, 2.45) is 5.92 Å². The summed E-state index contributed by atoms with van der Waals surface area (Å²) in [5, 5.41) is 12.0. The van der Waals surface area contributed by atoms with Crippen LogP contribution in [0.25, 0.3) is 22.2 Å². The summed E-state index contributed by atoms with van der Waals surface area (Å²) in [6, 6.07) is 9.75. The maximum Gasteiger partial charge on any atom is 0.196 e. The fraction of sp³-hybridized carbons (Fsp3) is 0.333. The van der Waals surface area contributed by atoms with Crippen molar-refractivity contribution in [3.8, 4) is 11.3 Å². The Bertz CT molecular complexity index is 1000. The molecule has 0 amide bonds. The molecular weight excluding hydrogens is 326 g/mol. The van der Waals surface area contributed by atoms with Crippen molar-refractivity contribution >= 4 is 28.1 Å². The summed E-state index contributed by atoms with van der Waals surface area (Å²) in [5.74, 6) is 1.18. The van der Waals surface area contributed by atoms with Gasteiger partial charge in [0.2, 0.25) is 0 Å². The standard InChI is InChI=1S/C21H23N3O2/c1-11(2)10-22-16-9-15(23-12(3)4)17-18-19(16)24-26-21(18)14-8-6-5-7-13(14)20(17)25/h5-9,11-12,22-23H,10H2,1-4H3. The van der Waals surface area contributed by atoms with Crippen LogP contribution in [-0.4, -0.2) is 23.5 Å². The second-order valence-electron chi connectivity index (χ2n) is 7.53. The first-order valence-electron chi connectivity index (χ1n) is 9.08. The molecule has 3 aromatic rings. The molecule has 1 aliphatic rings. The molecule has 0 aliphatic heterocycles. The third kappa shape index (κ3) is 2.55. The van der Waals surface area contributed by atoms with E-state index in [0.29, 0.717) is 28.3 Å². The lowest BCUT2D eigenvalue weighted by atomic mass is 9.86. The third-order valence-corrected chi connectivity index (χ3v) is 4.54. The van der Waals surface area contributed by atoms with Crippen molar-refractivity contribution in [3.05, 3.63) is 41.5 Å². The fourth-order valence-corrected chi connectivity index (χ4v) is 3.43. The van der Waals surface area contributed by atoms with Crippen LogP contribution < -0.4 is 10.6 Å². The highest BCUT2D eigenvalue weighted by atomic mass is 16.5. The summed E-state index contributed by atoms with van der Waals surface area (Å²) in [7, 11) is 0. The SMILES string of the molecule is CC(C)CNc1cc(NC(C)C)c2c3c(onc13)-c1ccccc1C2=O. The van der Waals surface area contributed by atoms with E-state index in [4.69, 9.17) is 4.52 Å². The molecule has 0 spiro atoms. The number of aromatic nitrogens is 1. The number of benzene rings is 2. The van der Waals surface area contributed by atoms with Crippen LogP contribution in [0.3, 0.4) is 0 Å². The molecule has 1 aromatic heterocycles. The molecule has 1 heterocycles. The summed E-state index contributed by atoms with van der Waals surface area (Å²) in [5.41, 5.74) is 4.55. The van der Waals surface area contributed by atoms with Crippen molar-refractivity contribution in [2.45, 2.75) is 33.7 Å². The van der Waals surface area contributed by atoms with E-state index in [0.717, 1.165) is 28.9 Å². The summed E-state index contributed by atoms with van der Waals surface area (Å²) in [6.45, 7) is 9.26. The van der Waals surface area contributed by atoms with E-state index in [-0.39, 0.29) is 11.8 Å². The number of hydrogen-bond acceptors (Lipinski definition) is 5. The predicted molar refractivity (Wildman–Crippen MR) is 105 cm³/mol. The number of ketones is 1. The van der Waals surface area contributed by atoms with E-state index >= 15 is 0 Å². The number of anilines is 2. The molecular formula is C21H23N3O2. The number of hydrogen-bond donors (Lipinski definition) is 2. The Morgan fingerprint density at radius 3 is 2.50 bits per heavy atom. The van der Waals surface area contributed by atoms with Crippen LogP contribution in [0.5, 0.6) is 0 Å². The molecule has 0 saturated carbocycles. The lowest BCUT2D eigenvalue weighted by molar-refractivity contribution is 0.104. The summed E-state index contributed by atoms with van der Waals surface area (Å²) < 4.78 is 5.71. The van der Waals surface area contributed by atoms with Crippen molar-refractivity contribution in [1.29, 1.82) is 0 Å². The quantitative estimate of drug-likeness (QED) is 0.535. The Morgan fingerprint density at radius 2 is 1.81 bits per heavy atom. The third-order valence-electron chi connectivity index (χ3n) is 4.54. The second kappa shape index (κ2) is 6.16. The van der Waals surface area contributed by atoms with Gasteiger partial charge in [-0.2, -0.15) is 0 Å². The number of rotatable bonds is 5. The zero-order valence-electron chi connectivity index (χ0n) is 15.5. The van der Waals surface area contributed by atoms with Crippen LogP contribution >= 0.6 is 0 Å². The van der Waals surface area contributed by atoms with Crippen LogP contribution in [0, 0.1) is 5.92 Å². The zero-order valence-corrected chi connectivity index (χ0v) is 15.5. The van der Waals surface area contributed by atoms with E-state index in [2.05, 4.69) is 43.5 Å². The first kappa shape index (κ1) is 16.6. The van der Waals surface area contributed by atoms with Gasteiger partial charge in [-0.25, -0.2) is 0 Å². The average molecular weight is 349 g/mol. The fourth-order valence-electron chi connectivity index (χ4n) is 3.43. The second-order valence-corrected chi connectivity index (χ2v) is 7.53. The first-order chi connectivity index (χ1) is 12.5. The molecule has 4 rings (SSSR count). The molecule has 0 saturated heterocycles. The maximum atomic E-state index is 13.2. The largest absolute Gasteiger partial charge is 0.383 e. The number of fused-ring (bicyclic) bond motifs is 2. The molecule has 134 valence electrons. The highest BCUT2D eigenvalue weighted by Gasteiger charge is 2.32. The molecule has 5 nitrogen and oxygen atoms in total. The Kier molecular flexibility index (Phi) is 3.94. The Labute approximate surface area is 152 Å².